The molecule has 276 valence electrons. The van der Waals surface area contributed by atoms with Crippen LogP contribution in [-0.4, -0.2) is 33.7 Å². The molecule has 2 aromatic heterocycles. The molecule has 8 rings (SSSR count). The quantitative estimate of drug-likeness (QED) is 0.0794. The van der Waals surface area contributed by atoms with Gasteiger partial charge in [-0.1, -0.05) is 114 Å². The van der Waals surface area contributed by atoms with E-state index in [1.54, 1.807) is 30.7 Å². The van der Waals surface area contributed by atoms with Crippen LogP contribution in [0.5, 0.6) is 5.75 Å². The number of thiazole rings is 1. The number of carbonyl (C=O) groups is 1. The lowest BCUT2D eigenvalue weighted by Crippen LogP contribution is -2.40. The molecule has 0 unspecified atom stereocenters. The highest BCUT2D eigenvalue weighted by atomic mass is 32.1. The van der Waals surface area contributed by atoms with Crippen LogP contribution in [0.15, 0.2) is 161 Å². The van der Waals surface area contributed by atoms with Crippen molar-refractivity contribution in [1.82, 2.24) is 9.13 Å². The summed E-state index contributed by atoms with van der Waals surface area (Å²) in [6.07, 6.45) is 1.86. The fourth-order valence-electron chi connectivity index (χ4n) is 7.05. The van der Waals surface area contributed by atoms with Crippen LogP contribution in [0.4, 0.5) is 5.69 Å². The Morgan fingerprint density at radius 3 is 2.11 bits per heavy atom. The topological polar surface area (TPSA) is 118 Å². The van der Waals surface area contributed by atoms with Crippen LogP contribution in [-0.2, 0) is 9.53 Å². The van der Waals surface area contributed by atoms with Gasteiger partial charge < -0.3 is 14.0 Å². The lowest BCUT2D eigenvalue weighted by Gasteiger charge is -2.26. The van der Waals surface area contributed by atoms with Gasteiger partial charge in [-0.05, 0) is 60.0 Å². The highest BCUT2D eigenvalue weighted by Crippen LogP contribution is 2.38. The zero-order valence-electron chi connectivity index (χ0n) is 30.4. The maximum atomic E-state index is 14.9. The summed E-state index contributed by atoms with van der Waals surface area (Å²) in [6, 6.07) is 43.9. The summed E-state index contributed by atoms with van der Waals surface area (Å²) >= 11 is 1.23. The van der Waals surface area contributed by atoms with Crippen LogP contribution in [0, 0.1) is 10.1 Å². The number of ether oxygens (including phenoxy) is 2. The molecule has 0 fully saturated rings. The van der Waals surface area contributed by atoms with Gasteiger partial charge in [0.25, 0.3) is 11.2 Å². The van der Waals surface area contributed by atoms with Crippen LogP contribution in [0.25, 0.3) is 40.0 Å². The van der Waals surface area contributed by atoms with Crippen LogP contribution >= 0.6 is 11.3 Å². The van der Waals surface area contributed by atoms with Gasteiger partial charge in [0.1, 0.15) is 5.75 Å². The molecule has 7 aromatic rings. The van der Waals surface area contributed by atoms with Gasteiger partial charge in [0.2, 0.25) is 0 Å². The molecular weight excluding hydrogens is 725 g/mol. The second-order valence-electron chi connectivity index (χ2n) is 12.9. The molecule has 0 aliphatic carbocycles. The molecule has 0 N–H and O–H groups in total. The average molecular weight is 759 g/mol. The Hall–Kier alpha value is -7.11. The number of benzene rings is 5. The van der Waals surface area contributed by atoms with Crippen LogP contribution in [0.2, 0.25) is 0 Å². The standard InChI is InChI=1S/C45H34N4O6S/c1-3-55-44(51)39-40(30-16-9-5-10-17-30)46-45-48(42(39)32-20-13-21-36(26-32)54-2)43(50)38(56-45)28-33-27-37(29-14-7-4-8-15-29)47(41(33)31-18-11-6-12-19-31)34-22-24-35(25-23-34)49(52)53/h4-28,42H,3H2,1-2H3/b38-28-/t42-/m0/s1. The smallest absolute Gasteiger partial charge is 0.338 e. The Bertz CT molecular complexity index is 2810. The number of hydrogen-bond donors (Lipinski definition) is 0. The molecule has 11 heteroatoms. The Labute approximate surface area is 325 Å². The molecule has 1 atom stereocenters. The van der Waals surface area contributed by atoms with E-state index in [1.807, 2.05) is 127 Å². The van der Waals surface area contributed by atoms with E-state index in [-0.39, 0.29) is 23.4 Å². The minimum atomic E-state index is -0.879. The number of rotatable bonds is 10. The third-order valence-electron chi connectivity index (χ3n) is 9.54. The van der Waals surface area contributed by atoms with Gasteiger partial charge in [0, 0.05) is 28.9 Å². The molecule has 56 heavy (non-hydrogen) atoms. The van der Waals surface area contributed by atoms with E-state index in [2.05, 4.69) is 4.57 Å². The first-order valence-corrected chi connectivity index (χ1v) is 18.7. The maximum absolute atomic E-state index is 14.9. The van der Waals surface area contributed by atoms with Gasteiger partial charge >= 0.3 is 5.97 Å². The van der Waals surface area contributed by atoms with E-state index in [4.69, 9.17) is 14.5 Å². The fourth-order valence-corrected chi connectivity index (χ4v) is 8.04. The van der Waals surface area contributed by atoms with E-state index < -0.39 is 16.9 Å². The Morgan fingerprint density at radius 2 is 1.48 bits per heavy atom. The van der Waals surface area contributed by atoms with Crippen LogP contribution in [0.3, 0.4) is 0 Å². The van der Waals surface area contributed by atoms with Gasteiger partial charge in [-0.25, -0.2) is 9.79 Å². The molecule has 0 saturated heterocycles. The molecular formula is C45H34N4O6S. The zero-order chi connectivity index (χ0) is 38.8. The van der Waals surface area contributed by atoms with Crippen LogP contribution in [0.1, 0.15) is 29.7 Å². The number of aromatic nitrogens is 2. The monoisotopic (exact) mass is 758 g/mol. The number of nitro benzene ring substituents is 1. The summed E-state index contributed by atoms with van der Waals surface area (Å²) in [5, 5.41) is 11.6. The highest BCUT2D eigenvalue weighted by molar-refractivity contribution is 7.07. The third-order valence-corrected chi connectivity index (χ3v) is 10.5. The largest absolute Gasteiger partial charge is 0.497 e. The fraction of sp³-hybridized carbons (Fsp3) is 0.0889. The van der Waals surface area contributed by atoms with Gasteiger partial charge in [-0.15, -0.1) is 0 Å². The van der Waals surface area contributed by atoms with E-state index in [0.717, 1.165) is 28.1 Å². The Balaban J connectivity index is 1.43. The minimum absolute atomic E-state index is 0.0209. The van der Waals surface area contributed by atoms with Gasteiger partial charge in [-0.3, -0.25) is 19.5 Å². The van der Waals surface area contributed by atoms with Gasteiger partial charge in [0.05, 0.1) is 51.9 Å². The first kappa shape index (κ1) is 35.9. The Morgan fingerprint density at radius 1 is 0.839 bits per heavy atom. The summed E-state index contributed by atoms with van der Waals surface area (Å²) in [6.45, 7) is 1.88. The number of methoxy groups -OCH3 is 1. The number of fused-ring (bicyclic) bond motifs is 1. The molecule has 10 nitrogen and oxygen atoms in total. The van der Waals surface area contributed by atoms with Crippen molar-refractivity contribution in [2.45, 2.75) is 13.0 Å². The average Bonchev–Trinajstić information content (AvgIpc) is 3.77. The number of nitro groups is 1. The number of esters is 1. The summed E-state index contributed by atoms with van der Waals surface area (Å²) in [5.74, 6) is -0.00383. The molecule has 0 saturated carbocycles. The maximum Gasteiger partial charge on any atom is 0.338 e. The van der Waals surface area contributed by atoms with Crippen molar-refractivity contribution >= 4 is 34.8 Å². The summed E-state index contributed by atoms with van der Waals surface area (Å²) < 4.78 is 15.2. The molecule has 5 aromatic carbocycles. The SMILES string of the molecule is CCOC(=O)C1=C(c2ccccc2)N=c2s/c(=C\c3cc(-c4ccccc4)n(-c4ccc([N+](=O)[O-])cc4)c3-c3ccccc3)c(=O)n2[C@H]1c1cccc(OC)c1. The third kappa shape index (κ3) is 6.65. The second-order valence-corrected chi connectivity index (χ2v) is 13.9. The van der Waals surface area contributed by atoms with Gasteiger partial charge in [0.15, 0.2) is 4.80 Å². The lowest BCUT2D eigenvalue weighted by atomic mass is 9.93. The van der Waals surface area contributed by atoms with Crippen molar-refractivity contribution in [2.75, 3.05) is 13.7 Å². The first-order valence-electron chi connectivity index (χ1n) is 17.9. The predicted molar refractivity (Wildman–Crippen MR) is 217 cm³/mol. The molecule has 0 amide bonds. The van der Waals surface area contributed by atoms with Crippen molar-refractivity contribution in [2.24, 2.45) is 4.99 Å². The van der Waals surface area contributed by atoms with E-state index in [9.17, 15) is 19.7 Å². The molecule has 1 aliphatic rings. The highest BCUT2D eigenvalue weighted by Gasteiger charge is 2.35. The molecule has 0 radical (unpaired) electrons. The van der Waals surface area contributed by atoms with Crippen molar-refractivity contribution in [3.8, 4) is 34.0 Å². The number of nitrogens with zero attached hydrogens (tertiary/aromatic N) is 4. The second kappa shape index (κ2) is 15.3. The minimum Gasteiger partial charge on any atom is -0.497 e. The van der Waals surface area contributed by atoms with E-state index >= 15 is 0 Å². The normalized spacial score (nSPS) is 13.9. The van der Waals surface area contributed by atoms with Crippen molar-refractivity contribution in [1.29, 1.82) is 0 Å². The van der Waals surface area contributed by atoms with Crippen molar-refractivity contribution in [3.63, 3.8) is 0 Å². The van der Waals surface area contributed by atoms with Crippen molar-refractivity contribution < 1.29 is 19.2 Å². The predicted octanol–water partition coefficient (Wildman–Crippen LogP) is 7.98. The zero-order valence-corrected chi connectivity index (χ0v) is 31.2. The molecule has 0 bridgehead atoms. The number of carbonyl (C=O) groups excluding carboxylic acids is 1. The van der Waals surface area contributed by atoms with Crippen LogP contribution < -0.4 is 19.6 Å². The first-order chi connectivity index (χ1) is 27.4. The molecule has 1 aliphatic heterocycles. The molecule has 3 heterocycles. The molecule has 0 spiro atoms. The lowest BCUT2D eigenvalue weighted by molar-refractivity contribution is -0.384. The van der Waals surface area contributed by atoms with Gasteiger partial charge in [-0.2, -0.15) is 0 Å². The number of non-ortho nitro benzene ring substituents is 1. The van der Waals surface area contributed by atoms with E-state index in [0.29, 0.717) is 37.6 Å². The summed E-state index contributed by atoms with van der Waals surface area (Å²) in [5.41, 5.74) is 6.51. The Kier molecular flexibility index (Phi) is 9.82. The summed E-state index contributed by atoms with van der Waals surface area (Å²) in [7, 11) is 1.57. The summed E-state index contributed by atoms with van der Waals surface area (Å²) in [4.78, 5) is 45.5. The van der Waals surface area contributed by atoms with Crippen molar-refractivity contribution in [3.05, 3.63) is 198 Å². The number of hydrogen-bond acceptors (Lipinski definition) is 8. The van der Waals surface area contributed by atoms with E-state index in [1.165, 1.54) is 23.5 Å².